The second-order valence-electron chi connectivity index (χ2n) is 5.26. The molecule has 2 rings (SSSR count). The Balaban J connectivity index is 2.33. The van der Waals surface area contributed by atoms with Crippen molar-refractivity contribution in [3.8, 4) is 16.9 Å². The van der Waals surface area contributed by atoms with Gasteiger partial charge in [0.25, 0.3) is 0 Å². The van der Waals surface area contributed by atoms with Crippen LogP contribution >= 0.6 is 0 Å². The van der Waals surface area contributed by atoms with Gasteiger partial charge in [0.15, 0.2) is 6.29 Å². The van der Waals surface area contributed by atoms with Gasteiger partial charge in [-0.25, -0.2) is 0 Å². The first-order chi connectivity index (χ1) is 10.3. The first-order valence-corrected chi connectivity index (χ1v) is 6.66. The largest absolute Gasteiger partial charge is 0.573 e. The second-order valence-corrected chi connectivity index (χ2v) is 5.26. The Labute approximate surface area is 125 Å². The van der Waals surface area contributed by atoms with Crippen molar-refractivity contribution in [3.05, 3.63) is 36.2 Å². The molecular formula is C15H15F3N2O2. The molecule has 7 heteroatoms. The summed E-state index contributed by atoms with van der Waals surface area (Å²) < 4.78 is 42.8. The number of alkyl halides is 3. The van der Waals surface area contributed by atoms with E-state index in [-0.39, 0.29) is 5.56 Å². The third-order valence-electron chi connectivity index (χ3n) is 2.89. The molecule has 118 valence electrons. The van der Waals surface area contributed by atoms with Gasteiger partial charge in [-0.05, 0) is 23.6 Å². The van der Waals surface area contributed by atoms with Gasteiger partial charge in [0.1, 0.15) is 5.75 Å². The molecule has 22 heavy (non-hydrogen) atoms. The molecule has 0 aliphatic carbocycles. The van der Waals surface area contributed by atoms with Gasteiger partial charge in [-0.1, -0.05) is 19.9 Å². The Morgan fingerprint density at radius 3 is 2.64 bits per heavy atom. The van der Waals surface area contributed by atoms with Crippen LogP contribution in [-0.2, 0) is 6.54 Å². The van der Waals surface area contributed by atoms with E-state index in [1.54, 1.807) is 23.1 Å². The molecule has 0 saturated carbocycles. The van der Waals surface area contributed by atoms with E-state index >= 15 is 0 Å². The third kappa shape index (κ3) is 4.09. The van der Waals surface area contributed by atoms with E-state index in [1.807, 2.05) is 13.8 Å². The van der Waals surface area contributed by atoms with Crippen molar-refractivity contribution in [1.82, 2.24) is 9.78 Å². The predicted molar refractivity (Wildman–Crippen MR) is 74.6 cm³/mol. The van der Waals surface area contributed by atoms with Crippen molar-refractivity contribution >= 4 is 6.29 Å². The number of nitrogens with zero attached hydrogens (tertiary/aromatic N) is 2. The molecule has 0 bridgehead atoms. The van der Waals surface area contributed by atoms with Crippen molar-refractivity contribution < 1.29 is 22.7 Å². The van der Waals surface area contributed by atoms with Crippen molar-refractivity contribution in [1.29, 1.82) is 0 Å². The number of hydrogen-bond acceptors (Lipinski definition) is 3. The Kier molecular flexibility index (Phi) is 4.54. The molecule has 0 radical (unpaired) electrons. The smallest absolute Gasteiger partial charge is 0.405 e. The zero-order chi connectivity index (χ0) is 16.3. The van der Waals surface area contributed by atoms with Crippen LogP contribution in [0.1, 0.15) is 24.2 Å². The second kappa shape index (κ2) is 6.21. The number of ether oxygens (including phenoxy) is 1. The van der Waals surface area contributed by atoms with Gasteiger partial charge in [-0.15, -0.1) is 13.2 Å². The molecule has 2 aromatic rings. The minimum Gasteiger partial charge on any atom is -0.405 e. The molecule has 0 unspecified atom stereocenters. The van der Waals surface area contributed by atoms with E-state index in [0.29, 0.717) is 29.9 Å². The average Bonchev–Trinajstić information content (AvgIpc) is 2.84. The molecule has 0 fully saturated rings. The van der Waals surface area contributed by atoms with Crippen LogP contribution in [0.4, 0.5) is 13.2 Å². The number of hydrogen-bond donors (Lipinski definition) is 0. The normalized spacial score (nSPS) is 11.7. The van der Waals surface area contributed by atoms with Crippen LogP contribution < -0.4 is 4.74 Å². The molecule has 0 atom stereocenters. The van der Waals surface area contributed by atoms with Crippen LogP contribution in [0.15, 0.2) is 30.6 Å². The number of carbonyl (C=O) groups is 1. The van der Waals surface area contributed by atoms with Crippen LogP contribution in [-0.4, -0.2) is 22.4 Å². The van der Waals surface area contributed by atoms with Gasteiger partial charge >= 0.3 is 6.36 Å². The number of halogens is 3. The summed E-state index contributed by atoms with van der Waals surface area (Å²) in [6, 6.07) is 4.04. The SMILES string of the molecule is CC(C)Cn1cc(-c2ccc(C=O)c(OC(F)(F)F)c2)cn1. The van der Waals surface area contributed by atoms with E-state index in [0.717, 1.165) is 0 Å². The Bertz CT molecular complexity index is 663. The Hall–Kier alpha value is -2.31. The lowest BCUT2D eigenvalue weighted by Crippen LogP contribution is -2.18. The number of rotatable bonds is 5. The van der Waals surface area contributed by atoms with E-state index in [2.05, 4.69) is 9.84 Å². The van der Waals surface area contributed by atoms with Crippen molar-refractivity contribution in [2.75, 3.05) is 0 Å². The molecule has 0 aliphatic rings. The Morgan fingerprint density at radius 2 is 2.05 bits per heavy atom. The minimum atomic E-state index is -4.85. The summed E-state index contributed by atoms with van der Waals surface area (Å²) in [5.41, 5.74) is 1.00. The molecule has 4 nitrogen and oxygen atoms in total. The molecule has 0 spiro atoms. The maximum absolute atomic E-state index is 12.4. The molecule has 0 aliphatic heterocycles. The van der Waals surface area contributed by atoms with Crippen LogP contribution in [0.5, 0.6) is 5.75 Å². The fourth-order valence-corrected chi connectivity index (χ4v) is 2.01. The summed E-state index contributed by atoms with van der Waals surface area (Å²) >= 11 is 0. The van der Waals surface area contributed by atoms with Gasteiger partial charge in [-0.3, -0.25) is 9.48 Å². The molecule has 1 heterocycles. The Morgan fingerprint density at radius 1 is 1.32 bits per heavy atom. The van der Waals surface area contributed by atoms with Gasteiger partial charge in [0, 0.05) is 18.3 Å². The van der Waals surface area contributed by atoms with E-state index in [1.165, 1.54) is 12.1 Å². The molecule has 0 N–H and O–H groups in total. The monoisotopic (exact) mass is 312 g/mol. The topological polar surface area (TPSA) is 44.1 Å². The van der Waals surface area contributed by atoms with Gasteiger partial charge in [0.05, 0.1) is 11.8 Å². The summed E-state index contributed by atoms with van der Waals surface area (Å²) in [5.74, 6) is -0.120. The zero-order valence-electron chi connectivity index (χ0n) is 12.1. The summed E-state index contributed by atoms with van der Waals surface area (Å²) in [6.45, 7) is 4.78. The fraction of sp³-hybridized carbons (Fsp3) is 0.333. The highest BCUT2D eigenvalue weighted by molar-refractivity contribution is 5.81. The standard InChI is InChI=1S/C15H15F3N2O2/c1-10(2)7-20-8-13(6-19-20)11-3-4-12(9-21)14(5-11)22-15(16,17)18/h3-6,8-10H,7H2,1-2H3. The lowest BCUT2D eigenvalue weighted by molar-refractivity contribution is -0.274. The predicted octanol–water partition coefficient (Wildman–Crippen LogP) is 3.92. The quantitative estimate of drug-likeness (QED) is 0.786. The molecule has 1 aromatic heterocycles. The number of benzene rings is 1. The van der Waals surface area contributed by atoms with Gasteiger partial charge < -0.3 is 4.74 Å². The lowest BCUT2D eigenvalue weighted by atomic mass is 10.1. The van der Waals surface area contributed by atoms with Gasteiger partial charge in [-0.2, -0.15) is 5.10 Å². The average molecular weight is 312 g/mol. The van der Waals surface area contributed by atoms with E-state index in [9.17, 15) is 18.0 Å². The van der Waals surface area contributed by atoms with Crippen LogP contribution in [0.25, 0.3) is 11.1 Å². The highest BCUT2D eigenvalue weighted by atomic mass is 19.4. The van der Waals surface area contributed by atoms with E-state index < -0.39 is 12.1 Å². The van der Waals surface area contributed by atoms with Crippen molar-refractivity contribution in [2.45, 2.75) is 26.8 Å². The first kappa shape index (κ1) is 16.1. The summed E-state index contributed by atoms with van der Waals surface area (Å²) in [5, 5.41) is 4.16. The minimum absolute atomic E-state index is 0.157. The summed E-state index contributed by atoms with van der Waals surface area (Å²) in [6.07, 6.45) is -1.21. The fourth-order valence-electron chi connectivity index (χ4n) is 2.01. The molecule has 0 amide bonds. The van der Waals surface area contributed by atoms with Crippen LogP contribution in [0.3, 0.4) is 0 Å². The van der Waals surface area contributed by atoms with Gasteiger partial charge in [0.2, 0.25) is 0 Å². The summed E-state index contributed by atoms with van der Waals surface area (Å²) in [7, 11) is 0. The van der Waals surface area contributed by atoms with Crippen LogP contribution in [0.2, 0.25) is 0 Å². The molecular weight excluding hydrogens is 297 g/mol. The highest BCUT2D eigenvalue weighted by Crippen LogP contribution is 2.30. The first-order valence-electron chi connectivity index (χ1n) is 6.66. The molecule has 1 aromatic carbocycles. The maximum atomic E-state index is 12.4. The van der Waals surface area contributed by atoms with Crippen molar-refractivity contribution in [2.24, 2.45) is 5.92 Å². The lowest BCUT2D eigenvalue weighted by Gasteiger charge is -2.11. The van der Waals surface area contributed by atoms with Crippen molar-refractivity contribution in [3.63, 3.8) is 0 Å². The summed E-state index contributed by atoms with van der Waals surface area (Å²) in [4.78, 5) is 10.8. The number of carbonyl (C=O) groups excluding carboxylic acids is 1. The van der Waals surface area contributed by atoms with E-state index in [4.69, 9.17) is 0 Å². The third-order valence-corrected chi connectivity index (χ3v) is 2.89. The van der Waals surface area contributed by atoms with Crippen LogP contribution in [0, 0.1) is 5.92 Å². The number of aldehydes is 1. The molecule has 0 saturated heterocycles. The number of aromatic nitrogens is 2. The highest BCUT2D eigenvalue weighted by Gasteiger charge is 2.32. The maximum Gasteiger partial charge on any atom is 0.573 e. The zero-order valence-corrected chi connectivity index (χ0v) is 12.1.